The Balaban J connectivity index is 1.64. The summed E-state index contributed by atoms with van der Waals surface area (Å²) in [5.74, 6) is 0.920. The minimum absolute atomic E-state index is 0.0641. The molecule has 206 valence electrons. The van der Waals surface area contributed by atoms with Crippen molar-refractivity contribution < 1.29 is 28.9 Å². The predicted molar refractivity (Wildman–Crippen MR) is 145 cm³/mol. The van der Waals surface area contributed by atoms with Crippen LogP contribution < -0.4 is 15.4 Å². The number of methoxy groups -OCH3 is 2. The molecule has 12 heteroatoms. The van der Waals surface area contributed by atoms with E-state index in [1.165, 1.54) is 7.11 Å². The van der Waals surface area contributed by atoms with Gasteiger partial charge in [0, 0.05) is 55.2 Å². The van der Waals surface area contributed by atoms with Crippen LogP contribution in [-0.2, 0) is 9.47 Å². The van der Waals surface area contributed by atoms with E-state index in [1.807, 2.05) is 19.1 Å². The number of anilines is 2. The molecule has 0 aliphatic carbocycles. The van der Waals surface area contributed by atoms with Crippen LogP contribution in [0.4, 0.5) is 21.1 Å². The fourth-order valence-corrected chi connectivity index (χ4v) is 4.33. The lowest BCUT2D eigenvalue weighted by Gasteiger charge is -2.18. The molecular weight excluding hydrogens is 504 g/mol. The van der Waals surface area contributed by atoms with Gasteiger partial charge in [0.2, 0.25) is 5.88 Å². The third kappa shape index (κ3) is 7.18. The van der Waals surface area contributed by atoms with E-state index in [2.05, 4.69) is 30.3 Å². The maximum absolute atomic E-state index is 12.9. The van der Waals surface area contributed by atoms with Gasteiger partial charge in [0.1, 0.15) is 12.4 Å². The number of ether oxygens (including phenoxy) is 3. The van der Waals surface area contributed by atoms with Crippen LogP contribution >= 0.6 is 0 Å². The fraction of sp³-hybridized carbons (Fsp3) is 0.370. The lowest BCUT2D eigenvalue weighted by atomic mass is 10.0. The Kier molecular flexibility index (Phi) is 9.23. The lowest BCUT2D eigenvalue weighted by molar-refractivity contribution is 0.154. The molecule has 0 spiro atoms. The summed E-state index contributed by atoms with van der Waals surface area (Å²) in [6.45, 7) is 3.70. The quantitative estimate of drug-likeness (QED) is 0.373. The van der Waals surface area contributed by atoms with Gasteiger partial charge in [-0.3, -0.25) is 10.3 Å². The first-order valence-electron chi connectivity index (χ1n) is 12.5. The summed E-state index contributed by atoms with van der Waals surface area (Å²) in [6.07, 6.45) is 3.43. The summed E-state index contributed by atoms with van der Waals surface area (Å²) in [7, 11) is 2.94. The largest absolute Gasteiger partial charge is 0.475 e. The van der Waals surface area contributed by atoms with Crippen molar-refractivity contribution in [2.24, 2.45) is 5.92 Å². The number of carbonyl (C=O) groups excluding carboxylic acids is 2. The summed E-state index contributed by atoms with van der Waals surface area (Å²) < 4.78 is 15.5. The molecule has 3 aromatic rings. The SMILES string of the molecule is COC[C@H]1CCN(C(=O)Nc2cnc(C)c(-c3cc(OCCO)nc(-c4ccnc(NC(=O)OC)c4)c3)c2)C1. The van der Waals surface area contributed by atoms with E-state index in [4.69, 9.17) is 9.47 Å². The summed E-state index contributed by atoms with van der Waals surface area (Å²) in [4.78, 5) is 39.5. The number of urea groups is 1. The number of amides is 3. The molecule has 0 bridgehead atoms. The Labute approximate surface area is 226 Å². The normalized spacial score (nSPS) is 14.7. The molecule has 39 heavy (non-hydrogen) atoms. The number of aromatic nitrogens is 3. The van der Waals surface area contributed by atoms with Crippen LogP contribution in [0, 0.1) is 12.8 Å². The van der Waals surface area contributed by atoms with Crippen LogP contribution in [0.2, 0.25) is 0 Å². The number of aryl methyl sites for hydroxylation is 1. The van der Waals surface area contributed by atoms with Crippen LogP contribution in [0.3, 0.4) is 0 Å². The number of aliphatic hydroxyl groups is 1. The van der Waals surface area contributed by atoms with Crippen molar-refractivity contribution in [3.63, 3.8) is 0 Å². The van der Waals surface area contributed by atoms with Gasteiger partial charge in [-0.15, -0.1) is 0 Å². The van der Waals surface area contributed by atoms with E-state index in [0.29, 0.717) is 54.3 Å². The predicted octanol–water partition coefficient (Wildman–Crippen LogP) is 3.56. The van der Waals surface area contributed by atoms with Crippen LogP contribution in [0.1, 0.15) is 12.1 Å². The smallest absolute Gasteiger partial charge is 0.412 e. The van der Waals surface area contributed by atoms with E-state index in [0.717, 1.165) is 23.2 Å². The number of carbonyl (C=O) groups is 2. The molecule has 1 atom stereocenters. The first kappa shape index (κ1) is 27.7. The number of hydrogen-bond donors (Lipinski definition) is 3. The van der Waals surface area contributed by atoms with Crippen molar-refractivity contribution in [1.29, 1.82) is 0 Å². The van der Waals surface area contributed by atoms with Crippen molar-refractivity contribution in [2.75, 3.05) is 57.8 Å². The average Bonchev–Trinajstić information content (AvgIpc) is 3.42. The number of rotatable bonds is 9. The van der Waals surface area contributed by atoms with Crippen LogP contribution in [0.5, 0.6) is 5.88 Å². The molecule has 3 N–H and O–H groups in total. The van der Waals surface area contributed by atoms with Crippen LogP contribution in [0.15, 0.2) is 42.7 Å². The number of likely N-dealkylation sites (tertiary alicyclic amines) is 1. The zero-order chi connectivity index (χ0) is 27.8. The van der Waals surface area contributed by atoms with E-state index in [1.54, 1.807) is 42.6 Å². The molecule has 3 aromatic heterocycles. The highest BCUT2D eigenvalue weighted by Crippen LogP contribution is 2.32. The van der Waals surface area contributed by atoms with Gasteiger partial charge in [-0.25, -0.2) is 19.6 Å². The number of hydrogen-bond acceptors (Lipinski definition) is 9. The van der Waals surface area contributed by atoms with E-state index >= 15 is 0 Å². The zero-order valence-electron chi connectivity index (χ0n) is 22.1. The summed E-state index contributed by atoms with van der Waals surface area (Å²) in [6, 6.07) is 8.68. The highest BCUT2D eigenvalue weighted by atomic mass is 16.5. The second kappa shape index (κ2) is 13.0. The topological polar surface area (TPSA) is 148 Å². The highest BCUT2D eigenvalue weighted by molar-refractivity contribution is 5.90. The van der Waals surface area contributed by atoms with Gasteiger partial charge in [0.25, 0.3) is 0 Å². The Morgan fingerprint density at radius 3 is 2.74 bits per heavy atom. The van der Waals surface area contributed by atoms with Crippen molar-refractivity contribution >= 4 is 23.6 Å². The van der Waals surface area contributed by atoms with E-state index < -0.39 is 6.09 Å². The molecule has 4 heterocycles. The Morgan fingerprint density at radius 1 is 1.13 bits per heavy atom. The molecule has 0 aromatic carbocycles. The number of aliphatic hydroxyl groups excluding tert-OH is 1. The van der Waals surface area contributed by atoms with Crippen molar-refractivity contribution in [1.82, 2.24) is 19.9 Å². The van der Waals surface area contributed by atoms with Gasteiger partial charge < -0.3 is 29.5 Å². The van der Waals surface area contributed by atoms with Gasteiger partial charge in [-0.1, -0.05) is 0 Å². The molecule has 0 saturated carbocycles. The molecular formula is C27H32N6O6. The fourth-order valence-electron chi connectivity index (χ4n) is 4.33. The first-order valence-corrected chi connectivity index (χ1v) is 12.5. The second-order valence-electron chi connectivity index (χ2n) is 9.04. The minimum Gasteiger partial charge on any atom is -0.475 e. The van der Waals surface area contributed by atoms with Gasteiger partial charge >= 0.3 is 12.1 Å². The molecule has 1 aliphatic heterocycles. The van der Waals surface area contributed by atoms with Crippen molar-refractivity contribution in [3.05, 3.63) is 48.4 Å². The molecule has 0 radical (unpaired) electrons. The van der Waals surface area contributed by atoms with Gasteiger partial charge in [0.15, 0.2) is 0 Å². The molecule has 1 aliphatic rings. The maximum atomic E-state index is 12.9. The molecule has 4 rings (SSSR count). The zero-order valence-corrected chi connectivity index (χ0v) is 22.1. The number of nitrogens with zero attached hydrogens (tertiary/aromatic N) is 4. The Morgan fingerprint density at radius 2 is 1.97 bits per heavy atom. The van der Waals surface area contributed by atoms with Gasteiger partial charge in [0.05, 0.1) is 37.9 Å². The lowest BCUT2D eigenvalue weighted by Crippen LogP contribution is -2.33. The third-order valence-electron chi connectivity index (χ3n) is 6.24. The molecule has 1 fully saturated rings. The summed E-state index contributed by atoms with van der Waals surface area (Å²) in [5, 5.41) is 14.8. The summed E-state index contributed by atoms with van der Waals surface area (Å²) >= 11 is 0. The van der Waals surface area contributed by atoms with E-state index in [9.17, 15) is 14.7 Å². The second-order valence-corrected chi connectivity index (χ2v) is 9.04. The molecule has 0 unspecified atom stereocenters. The first-order chi connectivity index (χ1) is 18.9. The van der Waals surface area contributed by atoms with Crippen molar-refractivity contribution in [2.45, 2.75) is 13.3 Å². The van der Waals surface area contributed by atoms with E-state index in [-0.39, 0.29) is 19.2 Å². The van der Waals surface area contributed by atoms with Crippen LogP contribution in [-0.4, -0.2) is 84.2 Å². The highest BCUT2D eigenvalue weighted by Gasteiger charge is 2.26. The molecule has 3 amide bonds. The average molecular weight is 537 g/mol. The van der Waals surface area contributed by atoms with Gasteiger partial charge in [-0.2, -0.15) is 0 Å². The summed E-state index contributed by atoms with van der Waals surface area (Å²) in [5.41, 5.74) is 4.02. The Hall–Kier alpha value is -4.29. The number of nitrogens with one attached hydrogen (secondary N) is 2. The number of pyridine rings is 3. The maximum Gasteiger partial charge on any atom is 0.412 e. The Bertz CT molecular complexity index is 1320. The third-order valence-corrected chi connectivity index (χ3v) is 6.24. The van der Waals surface area contributed by atoms with Gasteiger partial charge in [-0.05, 0) is 43.2 Å². The minimum atomic E-state index is -0.642. The van der Waals surface area contributed by atoms with Crippen LogP contribution in [0.25, 0.3) is 22.4 Å². The molecule has 12 nitrogen and oxygen atoms in total. The standard InChI is InChI=1S/C27H32N6O6/c1-17-22(13-21(14-29-17)30-26(35)33-7-5-18(15-33)16-37-2)20-10-23(31-25(12-20)39-9-8-34)19-4-6-28-24(11-19)32-27(36)38-3/h4,6,10-14,18,34H,5,7-9,15-16H2,1-3H3,(H,30,35)(H,28,32,36)/t18-/m0/s1. The van der Waals surface area contributed by atoms with Crippen molar-refractivity contribution in [3.8, 4) is 28.3 Å². The monoisotopic (exact) mass is 536 g/mol. The molecule has 1 saturated heterocycles.